The zero-order valence-electron chi connectivity index (χ0n) is 11.1. The summed E-state index contributed by atoms with van der Waals surface area (Å²) in [5, 5.41) is 17.5. The maximum absolute atomic E-state index is 11.9. The molecule has 0 saturated heterocycles. The Morgan fingerprint density at radius 3 is 2.81 bits per heavy atom. The van der Waals surface area contributed by atoms with E-state index in [0.29, 0.717) is 10.5 Å². The van der Waals surface area contributed by atoms with Gasteiger partial charge in [-0.05, 0) is 36.4 Å². The van der Waals surface area contributed by atoms with Crippen molar-refractivity contribution in [1.82, 2.24) is 5.06 Å². The Hall–Kier alpha value is -2.39. The molecular formula is C12H13N5O3S. The maximum Gasteiger partial charge on any atom is 0.358 e. The lowest BCUT2D eigenvalue weighted by atomic mass is 10.1. The van der Waals surface area contributed by atoms with Gasteiger partial charge in [-0.1, -0.05) is 0 Å². The van der Waals surface area contributed by atoms with E-state index in [2.05, 4.69) is 9.98 Å². The van der Waals surface area contributed by atoms with Crippen molar-refractivity contribution in [3.8, 4) is 0 Å². The number of hydrogen-bond acceptors (Lipinski definition) is 6. The summed E-state index contributed by atoms with van der Waals surface area (Å²) in [6, 6.07) is 0. The molecule has 2 aliphatic heterocycles. The second-order valence-electron chi connectivity index (χ2n) is 3.86. The van der Waals surface area contributed by atoms with Gasteiger partial charge < -0.3 is 10.5 Å². The SMILES string of the molecule is CCOC(=O)C1=NC(=NC(=N)N)SC1=C1C=CN(O)C=C1. The third-order valence-electron chi connectivity index (χ3n) is 2.38. The molecule has 0 bridgehead atoms. The van der Waals surface area contributed by atoms with Crippen LogP contribution in [0.1, 0.15) is 6.92 Å². The van der Waals surface area contributed by atoms with Crippen LogP contribution in [0.4, 0.5) is 0 Å². The predicted octanol–water partition coefficient (Wildman–Crippen LogP) is 0.973. The van der Waals surface area contributed by atoms with Crippen LogP contribution in [0, 0.1) is 5.41 Å². The summed E-state index contributed by atoms with van der Waals surface area (Å²) in [5.74, 6) is -0.971. The number of nitrogens with two attached hydrogens (primary N) is 1. The Balaban J connectivity index is 2.41. The van der Waals surface area contributed by atoms with E-state index in [1.165, 1.54) is 12.4 Å². The maximum atomic E-state index is 11.9. The Bertz CT molecular complexity index is 617. The lowest BCUT2D eigenvalue weighted by Crippen LogP contribution is -2.18. The van der Waals surface area contributed by atoms with E-state index >= 15 is 0 Å². The number of amidine groups is 1. The van der Waals surface area contributed by atoms with Gasteiger partial charge in [-0.15, -0.1) is 0 Å². The second kappa shape index (κ2) is 6.37. The molecule has 0 aromatic carbocycles. The number of carbonyl (C=O) groups is 1. The molecule has 0 unspecified atom stereocenters. The van der Waals surface area contributed by atoms with Gasteiger partial charge in [0, 0.05) is 12.4 Å². The van der Waals surface area contributed by atoms with Crippen molar-refractivity contribution in [3.05, 3.63) is 35.0 Å². The molecule has 0 aliphatic carbocycles. The number of allylic oxidation sites excluding steroid dienone is 3. The van der Waals surface area contributed by atoms with E-state index in [1.807, 2.05) is 0 Å². The fraction of sp³-hybridized carbons (Fsp3) is 0.167. The molecule has 0 atom stereocenters. The Morgan fingerprint density at radius 2 is 2.24 bits per heavy atom. The average Bonchev–Trinajstić information content (AvgIpc) is 2.83. The highest BCUT2D eigenvalue weighted by atomic mass is 32.2. The molecule has 2 heterocycles. The molecule has 2 aliphatic rings. The molecule has 0 saturated carbocycles. The lowest BCUT2D eigenvalue weighted by Gasteiger charge is -2.12. The van der Waals surface area contributed by atoms with Gasteiger partial charge >= 0.3 is 5.97 Å². The van der Waals surface area contributed by atoms with E-state index in [0.717, 1.165) is 16.8 Å². The van der Waals surface area contributed by atoms with Gasteiger partial charge in [0.05, 0.1) is 11.5 Å². The van der Waals surface area contributed by atoms with Gasteiger partial charge in [0.15, 0.2) is 10.9 Å². The number of ether oxygens (including phenoxy) is 1. The highest BCUT2D eigenvalue weighted by Gasteiger charge is 2.29. The minimum atomic E-state index is -0.575. The Morgan fingerprint density at radius 1 is 1.57 bits per heavy atom. The number of hydroxylamine groups is 2. The molecular weight excluding hydrogens is 294 g/mol. The molecule has 0 aromatic heterocycles. The van der Waals surface area contributed by atoms with Crippen LogP contribution in [0.2, 0.25) is 0 Å². The first-order chi connectivity index (χ1) is 10.0. The topological polar surface area (TPSA) is 124 Å². The molecule has 0 aromatic rings. The summed E-state index contributed by atoms with van der Waals surface area (Å²) in [4.78, 5) is 20.3. The molecule has 2 rings (SSSR count). The van der Waals surface area contributed by atoms with Crippen molar-refractivity contribution in [2.45, 2.75) is 6.92 Å². The van der Waals surface area contributed by atoms with Crippen LogP contribution in [-0.4, -0.2) is 39.7 Å². The number of rotatable bonds is 2. The van der Waals surface area contributed by atoms with Crippen LogP contribution >= 0.6 is 11.8 Å². The van der Waals surface area contributed by atoms with Crippen molar-refractivity contribution in [2.75, 3.05) is 6.61 Å². The number of esters is 1. The summed E-state index contributed by atoms with van der Waals surface area (Å²) >= 11 is 1.11. The zero-order chi connectivity index (χ0) is 15.4. The summed E-state index contributed by atoms with van der Waals surface area (Å²) in [7, 11) is 0. The molecule has 0 spiro atoms. The molecule has 0 fully saturated rings. The van der Waals surface area contributed by atoms with E-state index < -0.39 is 11.9 Å². The van der Waals surface area contributed by atoms with Gasteiger partial charge in [0.2, 0.25) is 5.96 Å². The Kier molecular flexibility index (Phi) is 4.55. The molecule has 0 amide bonds. The van der Waals surface area contributed by atoms with Crippen LogP contribution in [-0.2, 0) is 9.53 Å². The minimum absolute atomic E-state index is 0.109. The van der Waals surface area contributed by atoms with Gasteiger partial charge in [-0.3, -0.25) is 10.6 Å². The largest absolute Gasteiger partial charge is 0.461 e. The minimum Gasteiger partial charge on any atom is -0.461 e. The number of nitrogens with zero attached hydrogens (tertiary/aromatic N) is 3. The first kappa shape index (κ1) is 15.0. The molecule has 110 valence electrons. The molecule has 0 radical (unpaired) electrons. The standard InChI is InChI=1S/C12H13N5O3S/c1-2-20-10(18)8-9(7-3-5-17(19)6-4-7)21-12(15-8)16-11(13)14/h3-6,19H,2H2,1H3,(H3,13,14). The number of guanidine groups is 1. The van der Waals surface area contributed by atoms with Gasteiger partial charge in [-0.25, -0.2) is 14.9 Å². The summed E-state index contributed by atoms with van der Waals surface area (Å²) < 4.78 is 4.96. The van der Waals surface area contributed by atoms with Crippen molar-refractivity contribution < 1.29 is 14.7 Å². The van der Waals surface area contributed by atoms with Gasteiger partial charge in [-0.2, -0.15) is 4.99 Å². The van der Waals surface area contributed by atoms with E-state index in [1.54, 1.807) is 19.1 Å². The summed E-state index contributed by atoms with van der Waals surface area (Å²) in [6.07, 6.45) is 6.08. The van der Waals surface area contributed by atoms with Crippen LogP contribution in [0.5, 0.6) is 0 Å². The van der Waals surface area contributed by atoms with Crippen molar-refractivity contribution in [1.29, 1.82) is 5.41 Å². The summed E-state index contributed by atoms with van der Waals surface area (Å²) in [6.45, 7) is 1.92. The number of thioether (sulfide) groups is 1. The smallest absolute Gasteiger partial charge is 0.358 e. The first-order valence-corrected chi connectivity index (χ1v) is 6.77. The van der Waals surface area contributed by atoms with E-state index in [4.69, 9.17) is 15.9 Å². The van der Waals surface area contributed by atoms with Crippen molar-refractivity contribution >= 4 is 34.6 Å². The average molecular weight is 307 g/mol. The zero-order valence-corrected chi connectivity index (χ0v) is 11.9. The van der Waals surface area contributed by atoms with Crippen LogP contribution in [0.25, 0.3) is 0 Å². The molecule has 21 heavy (non-hydrogen) atoms. The second-order valence-corrected chi connectivity index (χ2v) is 4.84. The highest BCUT2D eigenvalue weighted by Crippen LogP contribution is 2.32. The van der Waals surface area contributed by atoms with Crippen molar-refractivity contribution in [3.63, 3.8) is 0 Å². The number of hydrogen-bond donors (Lipinski definition) is 3. The van der Waals surface area contributed by atoms with E-state index in [9.17, 15) is 10.0 Å². The quantitative estimate of drug-likeness (QED) is 0.397. The van der Waals surface area contributed by atoms with Crippen LogP contribution in [0.3, 0.4) is 0 Å². The number of carbonyl (C=O) groups excluding carboxylic acids is 1. The first-order valence-electron chi connectivity index (χ1n) is 5.96. The lowest BCUT2D eigenvalue weighted by molar-refractivity contribution is -0.134. The highest BCUT2D eigenvalue weighted by molar-refractivity contribution is 8.18. The number of aliphatic imine (C=N–C) groups is 2. The fourth-order valence-electron chi connectivity index (χ4n) is 1.56. The third kappa shape index (κ3) is 3.58. The Labute approximate surface area is 124 Å². The number of nitrogens with one attached hydrogen (secondary N) is 1. The van der Waals surface area contributed by atoms with Crippen molar-refractivity contribution in [2.24, 2.45) is 15.7 Å². The molecule has 8 nitrogen and oxygen atoms in total. The van der Waals surface area contributed by atoms with Gasteiger partial charge in [0.1, 0.15) is 0 Å². The molecule has 4 N–H and O–H groups in total. The summed E-state index contributed by atoms with van der Waals surface area (Å²) in [5.41, 5.74) is 5.99. The fourth-order valence-corrected chi connectivity index (χ4v) is 2.51. The normalized spacial score (nSPS) is 19.2. The van der Waals surface area contributed by atoms with Crippen LogP contribution in [0.15, 0.2) is 45.0 Å². The van der Waals surface area contributed by atoms with Crippen LogP contribution < -0.4 is 5.73 Å². The third-order valence-corrected chi connectivity index (χ3v) is 3.37. The molecule has 9 heteroatoms. The monoisotopic (exact) mass is 307 g/mol. The predicted molar refractivity (Wildman–Crippen MR) is 79.9 cm³/mol. The van der Waals surface area contributed by atoms with E-state index in [-0.39, 0.29) is 17.5 Å². The van der Waals surface area contributed by atoms with Gasteiger partial charge in [0.25, 0.3) is 0 Å².